The normalized spacial score (nSPS) is 16.4. The molecule has 1 aromatic rings. The predicted octanol–water partition coefficient (Wildman–Crippen LogP) is 3.77. The molecule has 0 aliphatic heterocycles. The van der Waals surface area contributed by atoms with E-state index in [1.165, 1.54) is 12.0 Å². The molecular formula is C16H24N2O2S. The summed E-state index contributed by atoms with van der Waals surface area (Å²) in [5, 5.41) is 0. The van der Waals surface area contributed by atoms with Gasteiger partial charge in [0.25, 0.3) is 0 Å². The maximum absolute atomic E-state index is 12.2. The van der Waals surface area contributed by atoms with Gasteiger partial charge in [-0.05, 0) is 70.2 Å². The van der Waals surface area contributed by atoms with Gasteiger partial charge in [-0.25, -0.2) is 8.42 Å². The zero-order chi connectivity index (χ0) is 15.7. The monoisotopic (exact) mass is 308 g/mol. The van der Waals surface area contributed by atoms with Gasteiger partial charge in [-0.2, -0.15) is 0 Å². The van der Waals surface area contributed by atoms with E-state index < -0.39 is 14.8 Å². The Hall–Kier alpha value is -1.49. The van der Waals surface area contributed by atoms with Gasteiger partial charge in [0.2, 0.25) is 10.0 Å². The van der Waals surface area contributed by atoms with Gasteiger partial charge >= 0.3 is 0 Å². The van der Waals surface area contributed by atoms with E-state index in [1.54, 1.807) is 32.9 Å². The van der Waals surface area contributed by atoms with Gasteiger partial charge in [-0.15, -0.1) is 0 Å². The number of rotatable bonds is 3. The maximum Gasteiger partial charge on any atom is 0.237 e. The topological polar surface area (TPSA) is 72.2 Å². The van der Waals surface area contributed by atoms with Crippen LogP contribution in [0.4, 0.5) is 11.4 Å². The zero-order valence-electron chi connectivity index (χ0n) is 12.9. The van der Waals surface area contributed by atoms with Crippen molar-refractivity contribution in [2.45, 2.75) is 51.2 Å². The van der Waals surface area contributed by atoms with Gasteiger partial charge in [0.05, 0.1) is 4.75 Å². The van der Waals surface area contributed by atoms with Gasteiger partial charge in [0.1, 0.15) is 0 Å². The number of hydrogen-bond donors (Lipinski definition) is 2. The third-order valence-corrected chi connectivity index (χ3v) is 5.87. The van der Waals surface area contributed by atoms with Crippen LogP contribution in [0.1, 0.15) is 52.0 Å². The highest BCUT2D eigenvalue weighted by atomic mass is 32.2. The van der Waals surface area contributed by atoms with Gasteiger partial charge in [0.15, 0.2) is 0 Å². The fourth-order valence-electron chi connectivity index (χ4n) is 2.29. The van der Waals surface area contributed by atoms with E-state index in [4.69, 9.17) is 5.73 Å². The summed E-state index contributed by atoms with van der Waals surface area (Å²) in [5.74, 6) is 0. The Kier molecular flexibility index (Phi) is 4.33. The van der Waals surface area contributed by atoms with E-state index in [-0.39, 0.29) is 0 Å². The predicted molar refractivity (Wildman–Crippen MR) is 89.6 cm³/mol. The lowest BCUT2D eigenvalue weighted by atomic mass is 9.92. The molecule has 3 N–H and O–H groups in total. The van der Waals surface area contributed by atoms with Crippen LogP contribution in [-0.2, 0) is 10.0 Å². The lowest BCUT2D eigenvalue weighted by Gasteiger charge is -2.21. The molecule has 0 bridgehead atoms. The first-order chi connectivity index (χ1) is 9.71. The standard InChI is InChI=1S/C16H24N2O2S/c1-16(2,3)21(19,20)18-13-9-10-15(17)14(11-13)12-7-5-4-6-8-12/h7,9-11,18H,4-6,8,17H2,1-3H3. The Bertz CT molecular complexity index is 655. The quantitative estimate of drug-likeness (QED) is 0.835. The Morgan fingerprint density at radius 2 is 1.90 bits per heavy atom. The minimum Gasteiger partial charge on any atom is -0.398 e. The summed E-state index contributed by atoms with van der Waals surface area (Å²) < 4.78 is 26.3. The number of benzene rings is 1. The molecule has 0 saturated carbocycles. The second-order valence-corrected chi connectivity index (χ2v) is 8.93. The summed E-state index contributed by atoms with van der Waals surface area (Å²) in [6.07, 6.45) is 6.63. The highest BCUT2D eigenvalue weighted by Crippen LogP contribution is 2.32. The number of anilines is 2. The smallest absolute Gasteiger partial charge is 0.237 e. The summed E-state index contributed by atoms with van der Waals surface area (Å²) in [6.45, 7) is 5.03. The van der Waals surface area contributed by atoms with Crippen LogP contribution in [0.25, 0.3) is 5.57 Å². The average Bonchev–Trinajstić information content (AvgIpc) is 2.40. The average molecular weight is 308 g/mol. The van der Waals surface area contributed by atoms with E-state index >= 15 is 0 Å². The van der Waals surface area contributed by atoms with E-state index in [1.807, 2.05) is 6.07 Å². The van der Waals surface area contributed by atoms with E-state index in [0.717, 1.165) is 24.8 Å². The van der Waals surface area contributed by atoms with Gasteiger partial charge in [-0.3, -0.25) is 4.72 Å². The van der Waals surface area contributed by atoms with E-state index in [0.29, 0.717) is 11.4 Å². The summed E-state index contributed by atoms with van der Waals surface area (Å²) in [6, 6.07) is 5.33. The number of nitrogens with one attached hydrogen (secondary N) is 1. The molecule has 1 aromatic carbocycles. The van der Waals surface area contributed by atoms with Crippen molar-refractivity contribution in [2.24, 2.45) is 0 Å². The fraction of sp³-hybridized carbons (Fsp3) is 0.500. The highest BCUT2D eigenvalue weighted by molar-refractivity contribution is 7.94. The van der Waals surface area contributed by atoms with Crippen LogP contribution in [0.15, 0.2) is 24.3 Å². The Morgan fingerprint density at radius 3 is 2.48 bits per heavy atom. The van der Waals surface area contributed by atoms with Crippen molar-refractivity contribution in [1.82, 2.24) is 0 Å². The first-order valence-corrected chi connectivity index (χ1v) is 8.80. The van der Waals surface area contributed by atoms with Crippen molar-refractivity contribution in [3.05, 3.63) is 29.8 Å². The van der Waals surface area contributed by atoms with Crippen LogP contribution >= 0.6 is 0 Å². The molecule has 4 nitrogen and oxygen atoms in total. The second-order valence-electron chi connectivity index (χ2n) is 6.50. The molecule has 116 valence electrons. The van der Waals surface area contributed by atoms with Crippen molar-refractivity contribution < 1.29 is 8.42 Å². The van der Waals surface area contributed by atoms with E-state index in [9.17, 15) is 8.42 Å². The second kappa shape index (κ2) is 5.72. The number of sulfonamides is 1. The largest absolute Gasteiger partial charge is 0.398 e. The molecule has 0 amide bonds. The van der Waals surface area contributed by atoms with Crippen LogP contribution in [-0.4, -0.2) is 13.2 Å². The number of nitrogens with two attached hydrogens (primary N) is 1. The van der Waals surface area contributed by atoms with Crippen molar-refractivity contribution in [1.29, 1.82) is 0 Å². The molecule has 5 heteroatoms. The van der Waals surface area contributed by atoms with Crippen LogP contribution < -0.4 is 10.5 Å². The van der Waals surface area contributed by atoms with Crippen LogP contribution in [0, 0.1) is 0 Å². The van der Waals surface area contributed by atoms with Gasteiger partial charge in [-0.1, -0.05) is 6.08 Å². The Labute approximate surface area is 127 Å². The molecule has 21 heavy (non-hydrogen) atoms. The van der Waals surface area contributed by atoms with Crippen molar-refractivity contribution in [2.75, 3.05) is 10.5 Å². The molecule has 2 rings (SSSR count). The molecule has 0 unspecified atom stereocenters. The molecule has 0 fully saturated rings. The number of hydrogen-bond acceptors (Lipinski definition) is 3. The Morgan fingerprint density at radius 1 is 1.19 bits per heavy atom. The zero-order valence-corrected chi connectivity index (χ0v) is 13.8. The molecule has 0 aromatic heterocycles. The van der Waals surface area contributed by atoms with Crippen molar-refractivity contribution in [3.8, 4) is 0 Å². The van der Waals surface area contributed by atoms with E-state index in [2.05, 4.69) is 10.8 Å². The lowest BCUT2D eigenvalue weighted by Crippen LogP contribution is -2.33. The SMILES string of the molecule is CC(C)(C)S(=O)(=O)Nc1ccc(N)c(C2=CCCCC2)c1. The lowest BCUT2D eigenvalue weighted by molar-refractivity contribution is 0.566. The first-order valence-electron chi connectivity index (χ1n) is 7.32. The summed E-state index contributed by atoms with van der Waals surface area (Å²) >= 11 is 0. The molecule has 0 heterocycles. The maximum atomic E-state index is 12.2. The molecule has 0 spiro atoms. The summed E-state index contributed by atoms with van der Waals surface area (Å²) in [7, 11) is -3.42. The van der Waals surface area contributed by atoms with Crippen LogP contribution in [0.2, 0.25) is 0 Å². The van der Waals surface area contributed by atoms with Crippen molar-refractivity contribution in [3.63, 3.8) is 0 Å². The fourth-order valence-corrected chi connectivity index (χ4v) is 3.03. The van der Waals surface area contributed by atoms with Crippen LogP contribution in [0.3, 0.4) is 0 Å². The first kappa shape index (κ1) is 15.9. The summed E-state index contributed by atoms with van der Waals surface area (Å²) in [4.78, 5) is 0. The molecule has 0 saturated heterocycles. The highest BCUT2D eigenvalue weighted by Gasteiger charge is 2.29. The molecule has 1 aliphatic carbocycles. The third-order valence-electron chi connectivity index (χ3n) is 3.75. The Balaban J connectivity index is 2.34. The van der Waals surface area contributed by atoms with Crippen LogP contribution in [0.5, 0.6) is 0 Å². The van der Waals surface area contributed by atoms with Gasteiger partial charge < -0.3 is 5.73 Å². The van der Waals surface area contributed by atoms with Crippen molar-refractivity contribution >= 4 is 27.0 Å². The minimum absolute atomic E-state index is 0.570. The third kappa shape index (κ3) is 3.59. The molecule has 0 atom stereocenters. The van der Waals surface area contributed by atoms with Gasteiger partial charge in [0, 0.05) is 16.9 Å². The number of allylic oxidation sites excluding steroid dienone is 2. The summed E-state index contributed by atoms with van der Waals surface area (Å²) in [5.41, 5.74) is 9.48. The minimum atomic E-state index is -3.42. The molecular weight excluding hydrogens is 284 g/mol. The number of nitrogen functional groups attached to an aromatic ring is 1. The molecule has 0 radical (unpaired) electrons. The molecule has 1 aliphatic rings.